The van der Waals surface area contributed by atoms with E-state index in [9.17, 15) is 0 Å². The van der Waals surface area contributed by atoms with E-state index in [1.54, 1.807) is 21.3 Å². The molecule has 1 aliphatic rings. The molecule has 0 saturated carbocycles. The van der Waals surface area contributed by atoms with Gasteiger partial charge in [0.05, 0.1) is 27.4 Å². The fourth-order valence-electron chi connectivity index (χ4n) is 4.17. The molecule has 1 fully saturated rings. The molecule has 5 nitrogen and oxygen atoms in total. The van der Waals surface area contributed by atoms with Gasteiger partial charge in [-0.2, -0.15) is 0 Å². The van der Waals surface area contributed by atoms with Gasteiger partial charge in [0.1, 0.15) is 0 Å². The lowest BCUT2D eigenvalue weighted by molar-refractivity contribution is 0.239. The maximum Gasteiger partial charge on any atom is 0.203 e. The van der Waals surface area contributed by atoms with Crippen LogP contribution in [0.1, 0.15) is 34.7 Å². The van der Waals surface area contributed by atoms with Crippen molar-refractivity contribution in [2.75, 3.05) is 47.5 Å². The van der Waals surface area contributed by atoms with Gasteiger partial charge in [-0.1, -0.05) is 29.3 Å². The second-order valence-corrected chi connectivity index (χ2v) is 7.42. The summed E-state index contributed by atoms with van der Waals surface area (Å²) in [6.07, 6.45) is 1.13. The topological polar surface area (TPSA) is 43.0 Å². The van der Waals surface area contributed by atoms with Gasteiger partial charge < -0.3 is 19.5 Å². The second-order valence-electron chi connectivity index (χ2n) is 7.42. The largest absolute Gasteiger partial charge is 0.493 e. The highest BCUT2D eigenvalue weighted by atomic mass is 16.5. The average Bonchev–Trinajstić information content (AvgIpc) is 2.96. The van der Waals surface area contributed by atoms with Crippen LogP contribution in [-0.4, -0.2) is 52.4 Å². The average molecular weight is 385 g/mol. The van der Waals surface area contributed by atoms with Crippen LogP contribution < -0.4 is 19.5 Å². The number of hydrogen-bond donors (Lipinski definition) is 1. The molecule has 0 amide bonds. The second kappa shape index (κ2) is 9.30. The first-order valence-corrected chi connectivity index (χ1v) is 9.90. The molecule has 1 heterocycles. The molecule has 0 aliphatic carbocycles. The molecule has 5 heteroatoms. The first-order chi connectivity index (χ1) is 13.6. The number of ether oxygens (including phenoxy) is 3. The molecule has 1 saturated heterocycles. The number of rotatable bonds is 6. The number of benzene rings is 2. The van der Waals surface area contributed by atoms with Crippen molar-refractivity contribution < 1.29 is 14.2 Å². The summed E-state index contributed by atoms with van der Waals surface area (Å²) in [5, 5.41) is 3.51. The molecular weight excluding hydrogens is 352 g/mol. The first-order valence-electron chi connectivity index (χ1n) is 9.90. The molecule has 0 aromatic heterocycles. The first kappa shape index (κ1) is 20.5. The van der Waals surface area contributed by atoms with Crippen LogP contribution in [0, 0.1) is 13.8 Å². The quantitative estimate of drug-likeness (QED) is 0.822. The van der Waals surface area contributed by atoms with E-state index in [4.69, 9.17) is 14.2 Å². The van der Waals surface area contributed by atoms with Crippen LogP contribution in [0.3, 0.4) is 0 Å². The van der Waals surface area contributed by atoms with Crippen molar-refractivity contribution in [1.29, 1.82) is 0 Å². The highest BCUT2D eigenvalue weighted by Gasteiger charge is 2.26. The van der Waals surface area contributed by atoms with Gasteiger partial charge in [-0.05, 0) is 50.1 Å². The Morgan fingerprint density at radius 3 is 1.96 bits per heavy atom. The van der Waals surface area contributed by atoms with Crippen molar-refractivity contribution >= 4 is 0 Å². The minimum Gasteiger partial charge on any atom is -0.493 e. The summed E-state index contributed by atoms with van der Waals surface area (Å²) >= 11 is 0. The molecule has 0 bridgehead atoms. The van der Waals surface area contributed by atoms with Gasteiger partial charge >= 0.3 is 0 Å². The molecule has 152 valence electrons. The van der Waals surface area contributed by atoms with Crippen LogP contribution in [0.15, 0.2) is 30.3 Å². The molecule has 2 aromatic rings. The van der Waals surface area contributed by atoms with Gasteiger partial charge in [0.2, 0.25) is 5.75 Å². The van der Waals surface area contributed by atoms with Gasteiger partial charge in [-0.25, -0.2) is 0 Å². The summed E-state index contributed by atoms with van der Waals surface area (Å²) in [7, 11) is 4.98. The molecule has 1 unspecified atom stereocenters. The smallest absolute Gasteiger partial charge is 0.203 e. The predicted molar refractivity (Wildman–Crippen MR) is 113 cm³/mol. The highest BCUT2D eigenvalue weighted by molar-refractivity contribution is 5.55. The standard InChI is InChI=1S/C23H32N2O3/c1-16-11-17(2)13-18(12-16)22(25-9-6-7-24-8-10-25)19-14-20(26-3)23(28-5)21(15-19)27-4/h11-15,22,24H,6-10H2,1-5H3. The molecule has 1 N–H and O–H groups in total. The van der Waals surface area contributed by atoms with E-state index in [2.05, 4.69) is 54.4 Å². The van der Waals surface area contributed by atoms with Crippen molar-refractivity contribution in [3.8, 4) is 17.2 Å². The molecule has 3 rings (SSSR count). The Morgan fingerprint density at radius 1 is 0.786 bits per heavy atom. The van der Waals surface area contributed by atoms with Crippen LogP contribution in [0.2, 0.25) is 0 Å². The Kier molecular flexibility index (Phi) is 6.81. The molecule has 2 aromatic carbocycles. The van der Waals surface area contributed by atoms with E-state index in [0.717, 1.165) is 38.2 Å². The van der Waals surface area contributed by atoms with Crippen LogP contribution in [0.4, 0.5) is 0 Å². The molecule has 0 radical (unpaired) electrons. The summed E-state index contributed by atoms with van der Waals surface area (Å²) < 4.78 is 16.8. The summed E-state index contributed by atoms with van der Waals surface area (Å²) in [6.45, 7) is 8.41. The van der Waals surface area contributed by atoms with Crippen molar-refractivity contribution in [2.24, 2.45) is 0 Å². The van der Waals surface area contributed by atoms with Gasteiger partial charge in [-0.15, -0.1) is 0 Å². The number of hydrogen-bond acceptors (Lipinski definition) is 5. The van der Waals surface area contributed by atoms with Crippen molar-refractivity contribution in [1.82, 2.24) is 10.2 Å². The summed E-state index contributed by atoms with van der Waals surface area (Å²) in [5.41, 5.74) is 5.01. The minimum absolute atomic E-state index is 0.132. The molecule has 28 heavy (non-hydrogen) atoms. The third-order valence-electron chi connectivity index (χ3n) is 5.30. The fourth-order valence-corrected chi connectivity index (χ4v) is 4.17. The summed E-state index contributed by atoms with van der Waals surface area (Å²) in [4.78, 5) is 2.55. The van der Waals surface area contributed by atoms with Gasteiger partial charge in [0.25, 0.3) is 0 Å². The maximum atomic E-state index is 5.63. The maximum absolute atomic E-state index is 5.63. The number of methoxy groups -OCH3 is 3. The summed E-state index contributed by atoms with van der Waals surface area (Å²) in [6, 6.07) is 11.1. The van der Waals surface area contributed by atoms with Gasteiger partial charge in [0, 0.05) is 19.6 Å². The Morgan fingerprint density at radius 2 is 1.39 bits per heavy atom. The van der Waals surface area contributed by atoms with Gasteiger partial charge in [0.15, 0.2) is 11.5 Å². The van der Waals surface area contributed by atoms with Crippen LogP contribution in [0.5, 0.6) is 17.2 Å². The molecule has 0 spiro atoms. The lowest BCUT2D eigenvalue weighted by Gasteiger charge is -2.32. The SMILES string of the molecule is COc1cc(C(c2cc(C)cc(C)c2)N2CCCNCC2)cc(OC)c1OC. The summed E-state index contributed by atoms with van der Waals surface area (Å²) in [5.74, 6) is 2.02. The fraction of sp³-hybridized carbons (Fsp3) is 0.478. The molecule has 1 atom stereocenters. The van der Waals surface area contributed by atoms with Crippen LogP contribution in [-0.2, 0) is 0 Å². The van der Waals surface area contributed by atoms with Crippen LogP contribution in [0.25, 0.3) is 0 Å². The zero-order valence-corrected chi connectivity index (χ0v) is 17.7. The van der Waals surface area contributed by atoms with E-state index in [-0.39, 0.29) is 6.04 Å². The molecule has 1 aliphatic heterocycles. The Balaban J connectivity index is 2.15. The lowest BCUT2D eigenvalue weighted by atomic mass is 9.93. The van der Waals surface area contributed by atoms with Crippen molar-refractivity contribution in [3.63, 3.8) is 0 Å². The monoisotopic (exact) mass is 384 g/mol. The Labute approximate surface area is 168 Å². The third kappa shape index (κ3) is 4.42. The lowest BCUT2D eigenvalue weighted by Crippen LogP contribution is -2.33. The highest BCUT2D eigenvalue weighted by Crippen LogP contribution is 2.42. The number of aryl methyl sites for hydroxylation is 2. The Hall–Kier alpha value is -2.24. The zero-order valence-electron chi connectivity index (χ0n) is 17.7. The molecular formula is C23H32N2O3. The number of nitrogens with one attached hydrogen (secondary N) is 1. The van der Waals surface area contributed by atoms with Gasteiger partial charge in [-0.3, -0.25) is 4.90 Å². The van der Waals surface area contributed by atoms with E-state index < -0.39 is 0 Å². The predicted octanol–water partition coefficient (Wildman–Crippen LogP) is 3.71. The van der Waals surface area contributed by atoms with Crippen molar-refractivity contribution in [3.05, 3.63) is 52.6 Å². The normalized spacial score (nSPS) is 16.3. The number of nitrogens with zero attached hydrogens (tertiary/aromatic N) is 1. The van der Waals surface area contributed by atoms with E-state index in [1.807, 2.05) is 0 Å². The van der Waals surface area contributed by atoms with E-state index >= 15 is 0 Å². The minimum atomic E-state index is 0.132. The Bertz CT molecular complexity index is 753. The van der Waals surface area contributed by atoms with E-state index in [0.29, 0.717) is 17.2 Å². The van der Waals surface area contributed by atoms with Crippen molar-refractivity contribution in [2.45, 2.75) is 26.3 Å². The third-order valence-corrected chi connectivity index (χ3v) is 5.30. The zero-order chi connectivity index (χ0) is 20.1. The van der Waals surface area contributed by atoms with E-state index in [1.165, 1.54) is 16.7 Å². The van der Waals surface area contributed by atoms with Crippen LogP contribution >= 0.6 is 0 Å².